The zero-order valence-corrected chi connectivity index (χ0v) is 26.9. The molecular weight excluding hydrogens is 630 g/mol. The predicted molar refractivity (Wildman–Crippen MR) is 173 cm³/mol. The summed E-state index contributed by atoms with van der Waals surface area (Å²) in [5.41, 5.74) is 3.61. The SMILES string of the molecule is CCOc1ccccc1NC(=O)C1=C(C)Nc2nc(SCC)nn2C1c1ccc(OCc2ccc(Br)cc2)c(OCC)c1. The van der Waals surface area contributed by atoms with Gasteiger partial charge in [0.05, 0.1) is 24.5 Å². The van der Waals surface area contributed by atoms with Crippen LogP contribution in [0, 0.1) is 0 Å². The van der Waals surface area contributed by atoms with E-state index in [1.165, 1.54) is 11.8 Å². The Morgan fingerprint density at radius 2 is 1.72 bits per heavy atom. The summed E-state index contributed by atoms with van der Waals surface area (Å²) in [7, 11) is 0. The number of rotatable bonds is 12. The van der Waals surface area contributed by atoms with Gasteiger partial charge in [0.1, 0.15) is 18.4 Å². The van der Waals surface area contributed by atoms with Crippen LogP contribution in [-0.2, 0) is 11.4 Å². The van der Waals surface area contributed by atoms with Gasteiger partial charge < -0.3 is 24.8 Å². The maximum Gasteiger partial charge on any atom is 0.255 e. The summed E-state index contributed by atoms with van der Waals surface area (Å²) in [5.74, 6) is 2.91. The minimum absolute atomic E-state index is 0.276. The molecule has 1 amide bonds. The predicted octanol–water partition coefficient (Wildman–Crippen LogP) is 7.46. The van der Waals surface area contributed by atoms with Crippen molar-refractivity contribution in [3.05, 3.63) is 93.6 Å². The van der Waals surface area contributed by atoms with Crippen LogP contribution in [0.1, 0.15) is 44.9 Å². The van der Waals surface area contributed by atoms with E-state index in [4.69, 9.17) is 19.3 Å². The molecule has 2 N–H and O–H groups in total. The van der Waals surface area contributed by atoms with Gasteiger partial charge in [0.15, 0.2) is 11.5 Å². The number of benzene rings is 3. The number of hydrogen-bond donors (Lipinski definition) is 2. The lowest BCUT2D eigenvalue weighted by Gasteiger charge is -2.29. The average molecular weight is 665 g/mol. The average Bonchev–Trinajstić information content (AvgIpc) is 3.40. The number of hydrogen-bond acceptors (Lipinski definition) is 8. The van der Waals surface area contributed by atoms with E-state index in [0.29, 0.717) is 65.1 Å². The first-order chi connectivity index (χ1) is 20.9. The molecule has 224 valence electrons. The maximum absolute atomic E-state index is 14.0. The molecule has 11 heteroatoms. The normalized spacial score (nSPS) is 14.1. The molecule has 1 atom stereocenters. The Kier molecular flexibility index (Phi) is 9.93. The van der Waals surface area contributed by atoms with E-state index in [1.807, 2.05) is 87.5 Å². The summed E-state index contributed by atoms with van der Waals surface area (Å²) in [6, 6.07) is 20.6. The fraction of sp³-hybridized carbons (Fsp3) is 0.281. The number of carbonyl (C=O) groups excluding carboxylic acids is 1. The van der Waals surface area contributed by atoms with Crippen molar-refractivity contribution in [3.8, 4) is 17.2 Å². The third-order valence-corrected chi connectivity index (χ3v) is 7.93. The van der Waals surface area contributed by atoms with Crippen LogP contribution in [0.25, 0.3) is 0 Å². The fourth-order valence-corrected chi connectivity index (χ4v) is 5.61. The Morgan fingerprint density at radius 1 is 0.977 bits per heavy atom. The van der Waals surface area contributed by atoms with E-state index in [1.54, 1.807) is 4.68 Å². The molecule has 5 rings (SSSR count). The standard InChI is InChI=1S/C32H34BrN5O4S/c1-5-40-25-11-9-8-10-24(25)35-30(39)28-20(4)34-31-36-32(43-7-3)37-38(31)29(28)22-14-17-26(27(18-22)41-6-2)42-19-21-12-15-23(33)16-13-21/h8-18,29H,5-7,19H2,1-4H3,(H,35,39)(H,34,36,37). The van der Waals surface area contributed by atoms with Crippen molar-refractivity contribution in [2.24, 2.45) is 0 Å². The van der Waals surface area contributed by atoms with Crippen LogP contribution in [0.4, 0.5) is 11.6 Å². The highest BCUT2D eigenvalue weighted by molar-refractivity contribution is 9.10. The zero-order chi connectivity index (χ0) is 30.3. The molecule has 4 aromatic rings. The van der Waals surface area contributed by atoms with Crippen molar-refractivity contribution in [1.29, 1.82) is 0 Å². The molecule has 3 aromatic carbocycles. The molecule has 1 aliphatic heterocycles. The van der Waals surface area contributed by atoms with Crippen LogP contribution in [-0.4, -0.2) is 39.6 Å². The monoisotopic (exact) mass is 663 g/mol. The second-order valence-corrected chi connectivity index (χ2v) is 11.7. The molecule has 1 unspecified atom stereocenters. The van der Waals surface area contributed by atoms with Gasteiger partial charge in [0.25, 0.3) is 5.91 Å². The zero-order valence-electron chi connectivity index (χ0n) is 24.5. The number of amides is 1. The third kappa shape index (κ3) is 7.00. The van der Waals surface area contributed by atoms with Crippen LogP contribution in [0.5, 0.6) is 17.2 Å². The van der Waals surface area contributed by atoms with Crippen molar-refractivity contribution >= 4 is 45.2 Å². The number of anilines is 2. The second-order valence-electron chi connectivity index (χ2n) is 9.60. The summed E-state index contributed by atoms with van der Waals surface area (Å²) in [5, 5.41) is 11.8. The van der Waals surface area contributed by atoms with Gasteiger partial charge in [-0.05, 0) is 74.0 Å². The molecule has 9 nitrogen and oxygen atoms in total. The van der Waals surface area contributed by atoms with Crippen molar-refractivity contribution < 1.29 is 19.0 Å². The number of thioether (sulfide) groups is 1. The maximum atomic E-state index is 14.0. The Labute approximate surface area is 264 Å². The molecule has 43 heavy (non-hydrogen) atoms. The van der Waals surface area contributed by atoms with E-state index >= 15 is 0 Å². The van der Waals surface area contributed by atoms with Gasteiger partial charge in [-0.3, -0.25) is 4.79 Å². The first-order valence-electron chi connectivity index (χ1n) is 14.2. The fourth-order valence-electron chi connectivity index (χ4n) is 4.79. The Balaban J connectivity index is 1.53. The topological polar surface area (TPSA) is 99.5 Å². The van der Waals surface area contributed by atoms with Crippen molar-refractivity contribution in [3.63, 3.8) is 0 Å². The molecular formula is C32H34BrN5O4S. The number of nitrogens with one attached hydrogen (secondary N) is 2. The summed E-state index contributed by atoms with van der Waals surface area (Å²) >= 11 is 5.01. The van der Waals surface area contributed by atoms with E-state index in [2.05, 4.69) is 38.5 Å². The van der Waals surface area contributed by atoms with E-state index < -0.39 is 6.04 Å². The molecule has 2 heterocycles. The number of para-hydroxylation sites is 2. The van der Waals surface area contributed by atoms with Crippen molar-refractivity contribution in [2.75, 3.05) is 29.6 Å². The largest absolute Gasteiger partial charge is 0.492 e. The van der Waals surface area contributed by atoms with E-state index in [0.717, 1.165) is 21.4 Å². The molecule has 0 bridgehead atoms. The number of carbonyl (C=O) groups is 1. The van der Waals surface area contributed by atoms with Gasteiger partial charge in [-0.25, -0.2) is 4.68 Å². The molecule has 0 radical (unpaired) electrons. The van der Waals surface area contributed by atoms with Gasteiger partial charge in [0, 0.05) is 10.2 Å². The minimum atomic E-state index is -0.575. The molecule has 0 saturated carbocycles. The first-order valence-corrected chi connectivity index (χ1v) is 15.9. The quantitative estimate of drug-likeness (QED) is 0.151. The molecule has 0 fully saturated rings. The number of aromatic nitrogens is 3. The Bertz CT molecular complexity index is 1620. The number of ether oxygens (including phenoxy) is 3. The van der Waals surface area contributed by atoms with Gasteiger partial charge in [-0.2, -0.15) is 4.98 Å². The van der Waals surface area contributed by atoms with Crippen LogP contribution in [0.3, 0.4) is 0 Å². The second kappa shape index (κ2) is 14.0. The highest BCUT2D eigenvalue weighted by atomic mass is 79.9. The molecule has 1 aromatic heterocycles. The van der Waals surface area contributed by atoms with Gasteiger partial charge in [-0.1, -0.05) is 64.9 Å². The first kappa shape index (κ1) is 30.5. The molecule has 0 aliphatic carbocycles. The van der Waals surface area contributed by atoms with Gasteiger partial charge in [0.2, 0.25) is 11.1 Å². The van der Waals surface area contributed by atoms with Crippen LogP contribution >= 0.6 is 27.7 Å². The lowest BCUT2D eigenvalue weighted by Crippen LogP contribution is -2.31. The Hall–Kier alpha value is -3.96. The lowest BCUT2D eigenvalue weighted by atomic mass is 9.94. The number of halogens is 1. The molecule has 1 aliphatic rings. The summed E-state index contributed by atoms with van der Waals surface area (Å²) < 4.78 is 20.7. The van der Waals surface area contributed by atoms with Gasteiger partial charge in [-0.15, -0.1) is 5.10 Å². The number of nitrogens with zero attached hydrogens (tertiary/aromatic N) is 3. The van der Waals surface area contributed by atoms with Crippen molar-refractivity contribution in [2.45, 2.75) is 45.5 Å². The smallest absolute Gasteiger partial charge is 0.255 e. The highest BCUT2D eigenvalue weighted by Gasteiger charge is 2.35. The summed E-state index contributed by atoms with van der Waals surface area (Å²) in [4.78, 5) is 18.7. The van der Waals surface area contributed by atoms with E-state index in [9.17, 15) is 4.79 Å². The lowest BCUT2D eigenvalue weighted by molar-refractivity contribution is -0.113. The molecule has 0 spiro atoms. The number of fused-ring (bicyclic) bond motifs is 1. The van der Waals surface area contributed by atoms with Crippen LogP contribution in [0.15, 0.2) is 87.6 Å². The summed E-state index contributed by atoms with van der Waals surface area (Å²) in [6.45, 7) is 9.08. The van der Waals surface area contributed by atoms with Crippen LogP contribution < -0.4 is 24.8 Å². The van der Waals surface area contributed by atoms with Gasteiger partial charge >= 0.3 is 0 Å². The molecule has 0 saturated heterocycles. The van der Waals surface area contributed by atoms with E-state index in [-0.39, 0.29) is 5.91 Å². The third-order valence-electron chi connectivity index (χ3n) is 6.68. The number of allylic oxidation sites excluding steroid dienone is 1. The Morgan fingerprint density at radius 3 is 2.47 bits per heavy atom. The highest BCUT2D eigenvalue weighted by Crippen LogP contribution is 2.40. The van der Waals surface area contributed by atoms with Crippen molar-refractivity contribution in [1.82, 2.24) is 14.8 Å². The summed E-state index contributed by atoms with van der Waals surface area (Å²) in [6.07, 6.45) is 0. The minimum Gasteiger partial charge on any atom is -0.492 e. The van der Waals surface area contributed by atoms with Crippen LogP contribution in [0.2, 0.25) is 0 Å².